The fraction of sp³-hybridized carbons (Fsp3) is 0.200. The molecule has 0 bridgehead atoms. The molecule has 0 fully saturated rings. The molecule has 0 spiro atoms. The van der Waals surface area contributed by atoms with E-state index in [-0.39, 0.29) is 17.2 Å². The Morgan fingerprint density at radius 1 is 1.13 bits per heavy atom. The standard InChI is InChI=1S/C15H16N2O5S/c1-11(18)12-4-6-14(7-5-12)23(20,21)17-10-15(19)16-9-13-3-2-8-22-13/h2-8,17H,9-10H2,1H3,(H,16,19). The molecule has 1 aromatic heterocycles. The molecule has 2 aromatic rings. The maximum Gasteiger partial charge on any atom is 0.241 e. The van der Waals surface area contributed by atoms with Crippen molar-refractivity contribution in [3.63, 3.8) is 0 Å². The van der Waals surface area contributed by atoms with E-state index in [1.165, 1.54) is 37.5 Å². The minimum Gasteiger partial charge on any atom is -0.467 e. The molecule has 0 aliphatic carbocycles. The van der Waals surface area contributed by atoms with Crippen LogP contribution in [0.4, 0.5) is 0 Å². The molecule has 0 unspecified atom stereocenters. The predicted octanol–water partition coefficient (Wildman–Crippen LogP) is 1.08. The number of Topliss-reactive ketones (excluding diaryl/α,β-unsaturated/α-hetero) is 1. The Morgan fingerprint density at radius 3 is 2.39 bits per heavy atom. The van der Waals surface area contributed by atoms with E-state index in [0.29, 0.717) is 11.3 Å². The first-order chi connectivity index (χ1) is 10.9. The lowest BCUT2D eigenvalue weighted by Crippen LogP contribution is -2.36. The molecule has 23 heavy (non-hydrogen) atoms. The summed E-state index contributed by atoms with van der Waals surface area (Å²) in [5.41, 5.74) is 0.417. The van der Waals surface area contributed by atoms with Gasteiger partial charge in [0.1, 0.15) is 5.76 Å². The largest absolute Gasteiger partial charge is 0.467 e. The van der Waals surface area contributed by atoms with Crippen molar-refractivity contribution in [2.75, 3.05) is 6.54 Å². The van der Waals surface area contributed by atoms with Crippen LogP contribution in [0.25, 0.3) is 0 Å². The SMILES string of the molecule is CC(=O)c1ccc(S(=O)(=O)NCC(=O)NCc2ccco2)cc1. The van der Waals surface area contributed by atoms with E-state index in [9.17, 15) is 18.0 Å². The smallest absolute Gasteiger partial charge is 0.241 e. The van der Waals surface area contributed by atoms with E-state index in [1.807, 2.05) is 0 Å². The zero-order valence-corrected chi connectivity index (χ0v) is 13.2. The second-order valence-electron chi connectivity index (χ2n) is 4.76. The van der Waals surface area contributed by atoms with Gasteiger partial charge in [-0.3, -0.25) is 9.59 Å². The van der Waals surface area contributed by atoms with Gasteiger partial charge in [0.05, 0.1) is 24.2 Å². The van der Waals surface area contributed by atoms with Crippen LogP contribution in [0.2, 0.25) is 0 Å². The molecule has 1 amide bonds. The van der Waals surface area contributed by atoms with Gasteiger partial charge in [0, 0.05) is 5.56 Å². The normalized spacial score (nSPS) is 11.2. The number of ketones is 1. The minimum absolute atomic E-state index is 0.0127. The van der Waals surface area contributed by atoms with E-state index in [2.05, 4.69) is 10.0 Å². The van der Waals surface area contributed by atoms with Gasteiger partial charge < -0.3 is 9.73 Å². The summed E-state index contributed by atoms with van der Waals surface area (Å²) in [6.07, 6.45) is 1.48. The van der Waals surface area contributed by atoms with Crippen molar-refractivity contribution in [1.29, 1.82) is 0 Å². The van der Waals surface area contributed by atoms with Crippen LogP contribution in [0.3, 0.4) is 0 Å². The lowest BCUT2D eigenvalue weighted by Gasteiger charge is -2.07. The van der Waals surface area contributed by atoms with Crippen LogP contribution in [0.5, 0.6) is 0 Å². The van der Waals surface area contributed by atoms with Crippen molar-refractivity contribution in [1.82, 2.24) is 10.0 Å². The summed E-state index contributed by atoms with van der Waals surface area (Å²) in [4.78, 5) is 22.8. The first-order valence-electron chi connectivity index (χ1n) is 6.78. The van der Waals surface area contributed by atoms with Crippen molar-refractivity contribution in [3.05, 3.63) is 54.0 Å². The molecule has 8 heteroatoms. The Labute approximate surface area is 133 Å². The Hall–Kier alpha value is -2.45. The van der Waals surface area contributed by atoms with Gasteiger partial charge in [0.15, 0.2) is 5.78 Å². The molecule has 0 radical (unpaired) electrons. The van der Waals surface area contributed by atoms with Crippen LogP contribution in [-0.4, -0.2) is 26.7 Å². The van der Waals surface area contributed by atoms with Gasteiger partial charge in [-0.1, -0.05) is 12.1 Å². The second-order valence-corrected chi connectivity index (χ2v) is 6.53. The van der Waals surface area contributed by atoms with Crippen molar-refractivity contribution >= 4 is 21.7 Å². The molecule has 2 rings (SSSR count). The average molecular weight is 336 g/mol. The van der Waals surface area contributed by atoms with Crippen molar-refractivity contribution in [2.45, 2.75) is 18.4 Å². The van der Waals surface area contributed by atoms with Crippen LogP contribution in [0.15, 0.2) is 52.0 Å². The average Bonchev–Trinajstić information content (AvgIpc) is 3.04. The summed E-state index contributed by atoms with van der Waals surface area (Å²) in [5.74, 6) is -0.0643. The highest BCUT2D eigenvalue weighted by Gasteiger charge is 2.15. The van der Waals surface area contributed by atoms with Gasteiger partial charge in [-0.25, -0.2) is 13.1 Å². The fourth-order valence-electron chi connectivity index (χ4n) is 1.77. The van der Waals surface area contributed by atoms with Crippen molar-refractivity contribution in [3.8, 4) is 0 Å². The number of carbonyl (C=O) groups excluding carboxylic acids is 2. The molecular weight excluding hydrogens is 320 g/mol. The molecule has 1 aromatic carbocycles. The fourth-order valence-corrected chi connectivity index (χ4v) is 2.76. The number of amides is 1. The van der Waals surface area contributed by atoms with Crippen molar-refractivity contribution in [2.24, 2.45) is 0 Å². The molecule has 0 saturated carbocycles. The molecule has 1 heterocycles. The third kappa shape index (κ3) is 4.76. The van der Waals surface area contributed by atoms with Gasteiger partial charge in [-0.2, -0.15) is 0 Å². The van der Waals surface area contributed by atoms with Crippen LogP contribution in [-0.2, 0) is 21.4 Å². The summed E-state index contributed by atoms with van der Waals surface area (Å²) >= 11 is 0. The first-order valence-corrected chi connectivity index (χ1v) is 8.26. The number of hydrogen-bond acceptors (Lipinski definition) is 5. The Morgan fingerprint density at radius 2 is 1.83 bits per heavy atom. The van der Waals surface area contributed by atoms with Crippen molar-refractivity contribution < 1.29 is 22.4 Å². The molecule has 0 atom stereocenters. The summed E-state index contributed by atoms with van der Waals surface area (Å²) in [6.45, 7) is 1.18. The lowest BCUT2D eigenvalue weighted by atomic mass is 10.2. The molecule has 2 N–H and O–H groups in total. The lowest BCUT2D eigenvalue weighted by molar-refractivity contribution is -0.120. The highest BCUT2D eigenvalue weighted by Crippen LogP contribution is 2.10. The number of sulfonamides is 1. The maximum absolute atomic E-state index is 12.1. The number of furan rings is 1. The zero-order chi connectivity index (χ0) is 16.9. The molecule has 7 nitrogen and oxygen atoms in total. The Kier molecular flexibility index (Phi) is 5.30. The maximum atomic E-state index is 12.1. The van der Waals surface area contributed by atoms with E-state index >= 15 is 0 Å². The van der Waals surface area contributed by atoms with E-state index in [4.69, 9.17) is 4.42 Å². The number of carbonyl (C=O) groups is 2. The molecule has 0 aliphatic heterocycles. The highest BCUT2D eigenvalue weighted by molar-refractivity contribution is 7.89. The number of nitrogens with one attached hydrogen (secondary N) is 2. The van der Waals surface area contributed by atoms with Crippen LogP contribution >= 0.6 is 0 Å². The van der Waals surface area contributed by atoms with Gasteiger partial charge in [-0.05, 0) is 31.2 Å². The number of hydrogen-bond donors (Lipinski definition) is 2. The third-order valence-electron chi connectivity index (χ3n) is 3.03. The van der Waals surface area contributed by atoms with E-state index in [1.54, 1.807) is 12.1 Å². The van der Waals surface area contributed by atoms with Gasteiger partial charge in [0.2, 0.25) is 15.9 Å². The Balaban J connectivity index is 1.90. The van der Waals surface area contributed by atoms with E-state index in [0.717, 1.165) is 0 Å². The number of benzene rings is 1. The second kappa shape index (κ2) is 7.21. The van der Waals surface area contributed by atoms with Crippen LogP contribution in [0, 0.1) is 0 Å². The zero-order valence-electron chi connectivity index (χ0n) is 12.4. The molecule has 0 saturated heterocycles. The monoisotopic (exact) mass is 336 g/mol. The minimum atomic E-state index is -3.82. The third-order valence-corrected chi connectivity index (χ3v) is 4.45. The molecule has 122 valence electrons. The Bertz CT molecular complexity index is 780. The van der Waals surface area contributed by atoms with Gasteiger partial charge in [0.25, 0.3) is 0 Å². The molecular formula is C15H16N2O5S. The number of rotatable bonds is 7. The molecule has 0 aliphatic rings. The quantitative estimate of drug-likeness (QED) is 0.736. The van der Waals surface area contributed by atoms with Crippen LogP contribution < -0.4 is 10.0 Å². The summed E-state index contributed by atoms with van der Waals surface area (Å²) in [7, 11) is -3.82. The summed E-state index contributed by atoms with van der Waals surface area (Å²) in [6, 6.07) is 8.87. The topological polar surface area (TPSA) is 105 Å². The van der Waals surface area contributed by atoms with Gasteiger partial charge >= 0.3 is 0 Å². The predicted molar refractivity (Wildman–Crippen MR) is 82.2 cm³/mol. The first kappa shape index (κ1) is 16.9. The van der Waals surface area contributed by atoms with Crippen LogP contribution in [0.1, 0.15) is 23.0 Å². The summed E-state index contributed by atoms with van der Waals surface area (Å²) in [5, 5.41) is 2.53. The summed E-state index contributed by atoms with van der Waals surface area (Å²) < 4.78 is 31.4. The highest BCUT2D eigenvalue weighted by atomic mass is 32.2. The van der Waals surface area contributed by atoms with E-state index < -0.39 is 22.5 Å². The van der Waals surface area contributed by atoms with Gasteiger partial charge in [-0.15, -0.1) is 0 Å².